The first kappa shape index (κ1) is 19.8. The molecule has 7 heteroatoms. The van der Waals surface area contributed by atoms with Crippen LogP contribution < -0.4 is 14.5 Å². The summed E-state index contributed by atoms with van der Waals surface area (Å²) in [4.78, 5) is 43.1. The van der Waals surface area contributed by atoms with E-state index in [1.165, 1.54) is 11.8 Å². The van der Waals surface area contributed by atoms with Crippen molar-refractivity contribution < 1.29 is 19.1 Å². The number of hydrogen-bond donors (Lipinski definition) is 0. The molecule has 2 aromatic rings. The summed E-state index contributed by atoms with van der Waals surface area (Å²) in [6, 6.07) is 9.67. The molecule has 0 aliphatic carbocycles. The first-order chi connectivity index (χ1) is 14.8. The van der Waals surface area contributed by atoms with Crippen molar-refractivity contribution in [1.29, 1.82) is 0 Å². The number of methoxy groups -OCH3 is 1. The molecular weight excluding hydrogens is 416 g/mol. The van der Waals surface area contributed by atoms with Gasteiger partial charge in [-0.1, -0.05) is 29.8 Å². The second-order valence-corrected chi connectivity index (χ2v) is 8.59. The van der Waals surface area contributed by atoms with Crippen molar-refractivity contribution in [3.05, 3.63) is 58.6 Å². The number of rotatable bonds is 3. The Bertz CT molecular complexity index is 1170. The molecule has 2 amide bonds. The number of hydrogen-bond acceptors (Lipinski definition) is 5. The van der Waals surface area contributed by atoms with Crippen molar-refractivity contribution >= 4 is 46.6 Å². The summed E-state index contributed by atoms with van der Waals surface area (Å²) in [7, 11) is 1.60. The van der Waals surface area contributed by atoms with E-state index in [-0.39, 0.29) is 23.6 Å². The molecule has 5 rings (SSSR count). The lowest BCUT2D eigenvalue weighted by Crippen LogP contribution is -2.48. The summed E-state index contributed by atoms with van der Waals surface area (Å²) >= 11 is 6.25. The molecular formula is C24H21ClN2O4. The number of halogens is 1. The monoisotopic (exact) mass is 436 g/mol. The smallest absolute Gasteiger partial charge is 0.240 e. The van der Waals surface area contributed by atoms with E-state index >= 15 is 0 Å². The third-order valence-corrected chi connectivity index (χ3v) is 7.02. The van der Waals surface area contributed by atoms with Gasteiger partial charge in [0.25, 0.3) is 0 Å². The molecule has 2 fully saturated rings. The van der Waals surface area contributed by atoms with Crippen LogP contribution in [0, 0.1) is 18.8 Å². The largest absolute Gasteiger partial charge is 0.497 e. The van der Waals surface area contributed by atoms with Crippen LogP contribution in [-0.2, 0) is 14.4 Å². The predicted octanol–water partition coefficient (Wildman–Crippen LogP) is 3.64. The molecule has 0 bridgehead atoms. The molecule has 3 aliphatic rings. The van der Waals surface area contributed by atoms with Crippen molar-refractivity contribution in [2.45, 2.75) is 25.9 Å². The van der Waals surface area contributed by atoms with Gasteiger partial charge in [-0.15, -0.1) is 0 Å². The maximum Gasteiger partial charge on any atom is 0.240 e. The van der Waals surface area contributed by atoms with Crippen LogP contribution in [0.5, 0.6) is 5.75 Å². The second-order valence-electron chi connectivity index (χ2n) is 8.18. The lowest BCUT2D eigenvalue weighted by Gasteiger charge is -2.36. The molecule has 0 spiro atoms. The van der Waals surface area contributed by atoms with E-state index in [2.05, 4.69) is 0 Å². The van der Waals surface area contributed by atoms with Crippen LogP contribution in [0.3, 0.4) is 0 Å². The Kier molecular flexibility index (Phi) is 4.45. The quantitative estimate of drug-likeness (QED) is 0.687. The fourth-order valence-corrected chi connectivity index (χ4v) is 5.38. The van der Waals surface area contributed by atoms with Gasteiger partial charge in [-0.3, -0.25) is 14.4 Å². The molecule has 2 saturated heterocycles. The van der Waals surface area contributed by atoms with Gasteiger partial charge in [0.15, 0.2) is 5.78 Å². The van der Waals surface area contributed by atoms with E-state index < -0.39 is 17.9 Å². The van der Waals surface area contributed by atoms with E-state index in [4.69, 9.17) is 16.3 Å². The Balaban J connectivity index is 1.62. The number of amides is 2. The molecule has 0 saturated carbocycles. The zero-order valence-corrected chi connectivity index (χ0v) is 18.1. The number of Topliss-reactive ketones (excluding diaryl/α,β-unsaturated/α-hetero) is 1. The zero-order chi connectivity index (χ0) is 22.0. The van der Waals surface area contributed by atoms with Crippen LogP contribution in [0.1, 0.15) is 18.1 Å². The van der Waals surface area contributed by atoms with E-state index in [0.29, 0.717) is 22.0 Å². The molecule has 158 valence electrons. The molecule has 3 aliphatic heterocycles. The number of anilines is 2. The van der Waals surface area contributed by atoms with Crippen molar-refractivity contribution in [3.63, 3.8) is 0 Å². The number of ether oxygens (including phenoxy) is 1. The van der Waals surface area contributed by atoms with Crippen molar-refractivity contribution in [1.82, 2.24) is 0 Å². The summed E-state index contributed by atoms with van der Waals surface area (Å²) in [6.45, 7) is 3.27. The molecule has 4 atom stereocenters. The fraction of sp³-hybridized carbons (Fsp3) is 0.292. The van der Waals surface area contributed by atoms with Crippen molar-refractivity contribution in [2.24, 2.45) is 11.8 Å². The van der Waals surface area contributed by atoms with E-state index in [0.717, 1.165) is 11.3 Å². The lowest BCUT2D eigenvalue weighted by atomic mass is 9.88. The maximum absolute atomic E-state index is 13.6. The minimum absolute atomic E-state index is 0.139. The van der Waals surface area contributed by atoms with Crippen LogP contribution >= 0.6 is 11.6 Å². The van der Waals surface area contributed by atoms with Gasteiger partial charge in [-0.2, -0.15) is 0 Å². The van der Waals surface area contributed by atoms with Crippen molar-refractivity contribution in [3.8, 4) is 5.75 Å². The first-order valence-corrected chi connectivity index (χ1v) is 10.5. The Hall–Kier alpha value is -3.12. The van der Waals surface area contributed by atoms with Gasteiger partial charge >= 0.3 is 0 Å². The van der Waals surface area contributed by atoms with E-state index in [1.807, 2.05) is 35.3 Å². The molecule has 2 aromatic carbocycles. The topological polar surface area (TPSA) is 66.9 Å². The zero-order valence-electron chi connectivity index (χ0n) is 17.3. The van der Waals surface area contributed by atoms with Gasteiger partial charge in [-0.25, -0.2) is 4.90 Å². The van der Waals surface area contributed by atoms with Crippen LogP contribution in [-0.4, -0.2) is 36.8 Å². The molecule has 0 aromatic heterocycles. The molecule has 0 radical (unpaired) electrons. The van der Waals surface area contributed by atoms with Crippen LogP contribution in [0.25, 0.3) is 6.08 Å². The Morgan fingerprint density at radius 1 is 1.06 bits per heavy atom. The number of nitrogens with zero attached hydrogens (tertiary/aromatic N) is 2. The third-order valence-electron chi connectivity index (χ3n) is 6.61. The first-order valence-electron chi connectivity index (χ1n) is 10.1. The van der Waals surface area contributed by atoms with Crippen LogP contribution in [0.4, 0.5) is 11.4 Å². The molecule has 0 N–H and O–H groups in total. The van der Waals surface area contributed by atoms with E-state index in [1.54, 1.807) is 32.2 Å². The SMILES string of the molecule is COc1ccc2c(c1)C=C[C@@H]1[C@@H]3C(=O)N(c4cccc(Cl)c4C)C(=O)[C@H]3[C@H](C(C)=O)N21. The highest BCUT2D eigenvalue weighted by Crippen LogP contribution is 2.50. The van der Waals surface area contributed by atoms with Gasteiger partial charge in [0, 0.05) is 16.3 Å². The fourth-order valence-electron chi connectivity index (χ4n) is 5.21. The van der Waals surface area contributed by atoms with Gasteiger partial charge in [0.05, 0.1) is 30.7 Å². The number of benzene rings is 2. The average Bonchev–Trinajstić information content (AvgIpc) is 3.23. The van der Waals surface area contributed by atoms with Gasteiger partial charge in [0.2, 0.25) is 11.8 Å². The highest BCUT2D eigenvalue weighted by Gasteiger charge is 2.63. The van der Waals surface area contributed by atoms with Gasteiger partial charge in [-0.05, 0) is 49.7 Å². The number of imide groups is 1. The van der Waals surface area contributed by atoms with Crippen LogP contribution in [0.2, 0.25) is 5.02 Å². The summed E-state index contributed by atoms with van der Waals surface area (Å²) in [5.41, 5.74) is 2.87. The lowest BCUT2D eigenvalue weighted by molar-refractivity contribution is -0.126. The summed E-state index contributed by atoms with van der Waals surface area (Å²) < 4.78 is 5.31. The summed E-state index contributed by atoms with van der Waals surface area (Å²) in [5.74, 6) is -1.45. The van der Waals surface area contributed by atoms with E-state index in [9.17, 15) is 14.4 Å². The minimum atomic E-state index is -0.744. The normalized spacial score (nSPS) is 26.1. The Morgan fingerprint density at radius 2 is 1.81 bits per heavy atom. The highest BCUT2D eigenvalue weighted by atomic mass is 35.5. The van der Waals surface area contributed by atoms with Gasteiger partial charge < -0.3 is 9.64 Å². The number of fused-ring (bicyclic) bond motifs is 5. The number of carbonyl (C=O) groups is 3. The van der Waals surface area contributed by atoms with Crippen LogP contribution in [0.15, 0.2) is 42.5 Å². The number of ketones is 1. The second kappa shape index (κ2) is 6.95. The molecule has 3 heterocycles. The molecule has 6 nitrogen and oxygen atoms in total. The van der Waals surface area contributed by atoms with Crippen molar-refractivity contribution in [2.75, 3.05) is 16.9 Å². The minimum Gasteiger partial charge on any atom is -0.497 e. The maximum atomic E-state index is 13.6. The number of carbonyl (C=O) groups excluding carboxylic acids is 3. The molecule has 31 heavy (non-hydrogen) atoms. The Labute approximate surface area is 185 Å². The summed E-state index contributed by atoms with van der Waals surface area (Å²) in [6.07, 6.45) is 3.85. The third kappa shape index (κ3) is 2.67. The molecule has 0 unspecified atom stereocenters. The Morgan fingerprint density at radius 3 is 2.52 bits per heavy atom. The van der Waals surface area contributed by atoms with Gasteiger partial charge in [0.1, 0.15) is 11.8 Å². The highest BCUT2D eigenvalue weighted by molar-refractivity contribution is 6.32. The summed E-state index contributed by atoms with van der Waals surface area (Å²) in [5, 5.41) is 0.486. The predicted molar refractivity (Wildman–Crippen MR) is 118 cm³/mol. The average molecular weight is 437 g/mol. The standard InChI is InChI=1S/C24H21ClN2O4/c1-12-16(25)5-4-6-17(12)27-23(29)20-19-9-7-14-11-15(31-3)8-10-18(14)26(19)22(13(2)28)21(20)24(27)30/h4-11,19-22H,1-3H3/t19-,20+,21-,22+/m1/s1.